The third kappa shape index (κ3) is 4.76. The summed E-state index contributed by atoms with van der Waals surface area (Å²) in [5, 5.41) is 18.2. The third-order valence-electron chi connectivity index (χ3n) is 3.09. The number of aliphatic hydroxyl groups excluding tert-OH is 2. The number of aromatic nitrogens is 2. The van der Waals surface area contributed by atoms with Crippen LogP contribution < -0.4 is 4.90 Å². The van der Waals surface area contributed by atoms with Crippen LogP contribution in [-0.4, -0.2) is 40.4 Å². The molecule has 0 fully saturated rings. The maximum Gasteiger partial charge on any atom is 0.131 e. The largest absolute Gasteiger partial charge is 0.396 e. The van der Waals surface area contributed by atoms with Gasteiger partial charge in [0.1, 0.15) is 5.82 Å². The van der Waals surface area contributed by atoms with E-state index in [-0.39, 0.29) is 19.1 Å². The Balaban J connectivity index is 2.70. The predicted octanol–water partition coefficient (Wildman–Crippen LogP) is 1.69. The molecule has 2 N–H and O–H groups in total. The summed E-state index contributed by atoms with van der Waals surface area (Å²) in [5.41, 5.74) is 1.57. The first-order valence-electron chi connectivity index (χ1n) is 6.88. The lowest BCUT2D eigenvalue weighted by Crippen LogP contribution is -2.21. The summed E-state index contributed by atoms with van der Waals surface area (Å²) in [6.07, 6.45) is 4.64. The molecule has 0 aromatic carbocycles. The lowest BCUT2D eigenvalue weighted by molar-refractivity contribution is 0.276. The number of nitrogens with zero attached hydrogens (tertiary/aromatic N) is 3. The Morgan fingerprint density at radius 3 is 2.53 bits per heavy atom. The van der Waals surface area contributed by atoms with Crippen LogP contribution in [0.15, 0.2) is 6.20 Å². The molecule has 0 aliphatic heterocycles. The minimum Gasteiger partial charge on any atom is -0.396 e. The van der Waals surface area contributed by atoms with Gasteiger partial charge in [-0.15, -0.1) is 0 Å². The molecule has 0 radical (unpaired) electrons. The van der Waals surface area contributed by atoms with Crippen molar-refractivity contribution in [2.45, 2.75) is 45.6 Å². The van der Waals surface area contributed by atoms with Crippen molar-refractivity contribution in [3.05, 3.63) is 17.7 Å². The first-order valence-corrected chi connectivity index (χ1v) is 6.88. The molecule has 0 spiro atoms. The molecule has 1 aromatic rings. The van der Waals surface area contributed by atoms with E-state index in [2.05, 4.69) is 14.9 Å². The Morgan fingerprint density at radius 1 is 1.21 bits per heavy atom. The number of anilines is 1. The average Bonchev–Trinajstić information content (AvgIpc) is 2.42. The summed E-state index contributed by atoms with van der Waals surface area (Å²) in [7, 11) is 1.98. The molecule has 0 amide bonds. The van der Waals surface area contributed by atoms with Gasteiger partial charge in [-0.2, -0.15) is 0 Å². The fraction of sp³-hybridized carbons (Fsp3) is 0.714. The Kier molecular flexibility index (Phi) is 6.73. The summed E-state index contributed by atoms with van der Waals surface area (Å²) in [5.74, 6) is 1.02. The van der Waals surface area contributed by atoms with Gasteiger partial charge in [-0.05, 0) is 19.3 Å². The molecule has 19 heavy (non-hydrogen) atoms. The van der Waals surface area contributed by atoms with Gasteiger partial charge in [0.05, 0.1) is 24.2 Å². The summed E-state index contributed by atoms with van der Waals surface area (Å²) >= 11 is 0. The second kappa shape index (κ2) is 8.07. The molecule has 0 unspecified atom stereocenters. The van der Waals surface area contributed by atoms with E-state index in [0.29, 0.717) is 5.69 Å². The molecule has 0 aliphatic rings. The molecule has 0 bridgehead atoms. The van der Waals surface area contributed by atoms with Crippen LogP contribution in [0, 0.1) is 0 Å². The van der Waals surface area contributed by atoms with Gasteiger partial charge in [0.15, 0.2) is 0 Å². The van der Waals surface area contributed by atoms with Crippen molar-refractivity contribution in [2.24, 2.45) is 0 Å². The molecule has 1 rings (SSSR count). The van der Waals surface area contributed by atoms with E-state index in [0.717, 1.165) is 37.3 Å². The van der Waals surface area contributed by atoms with Crippen molar-refractivity contribution in [3.63, 3.8) is 0 Å². The zero-order chi connectivity index (χ0) is 14.3. The maximum atomic E-state index is 9.43. The van der Waals surface area contributed by atoms with Crippen molar-refractivity contribution in [1.82, 2.24) is 9.97 Å². The van der Waals surface area contributed by atoms with Crippen LogP contribution in [0.2, 0.25) is 0 Å². The summed E-state index contributed by atoms with van der Waals surface area (Å²) in [6.45, 7) is 5.12. The zero-order valence-corrected chi connectivity index (χ0v) is 12.1. The Bertz CT molecular complexity index is 383. The van der Waals surface area contributed by atoms with Gasteiger partial charge in [-0.25, -0.2) is 9.97 Å². The fourth-order valence-corrected chi connectivity index (χ4v) is 1.90. The highest BCUT2D eigenvalue weighted by Crippen LogP contribution is 2.20. The summed E-state index contributed by atoms with van der Waals surface area (Å²) in [6, 6.07) is 0. The topological polar surface area (TPSA) is 69.5 Å². The van der Waals surface area contributed by atoms with Crippen LogP contribution >= 0.6 is 0 Å². The first-order chi connectivity index (χ1) is 9.10. The van der Waals surface area contributed by atoms with Crippen molar-refractivity contribution >= 4 is 5.69 Å². The molecule has 1 aromatic heterocycles. The van der Waals surface area contributed by atoms with E-state index in [4.69, 9.17) is 5.11 Å². The van der Waals surface area contributed by atoms with Crippen LogP contribution in [-0.2, 0) is 6.61 Å². The van der Waals surface area contributed by atoms with Gasteiger partial charge in [0, 0.05) is 26.1 Å². The second-order valence-corrected chi connectivity index (χ2v) is 5.08. The van der Waals surface area contributed by atoms with E-state index in [1.54, 1.807) is 6.20 Å². The van der Waals surface area contributed by atoms with Gasteiger partial charge in [0.2, 0.25) is 0 Å². The molecule has 0 aliphatic carbocycles. The molecule has 0 saturated heterocycles. The summed E-state index contributed by atoms with van der Waals surface area (Å²) in [4.78, 5) is 10.8. The number of unbranched alkanes of at least 4 members (excludes halogenated alkanes) is 2. The fourth-order valence-electron chi connectivity index (χ4n) is 1.90. The average molecular weight is 267 g/mol. The van der Waals surface area contributed by atoms with Crippen LogP contribution in [0.4, 0.5) is 5.69 Å². The molecular weight excluding hydrogens is 242 g/mol. The molecule has 5 nitrogen and oxygen atoms in total. The molecular formula is C14H25N3O2. The maximum absolute atomic E-state index is 9.43. The second-order valence-electron chi connectivity index (χ2n) is 5.08. The van der Waals surface area contributed by atoms with E-state index in [1.165, 1.54) is 0 Å². The zero-order valence-electron chi connectivity index (χ0n) is 12.1. The number of rotatable bonds is 8. The van der Waals surface area contributed by atoms with Gasteiger partial charge in [-0.3, -0.25) is 0 Å². The lowest BCUT2D eigenvalue weighted by Gasteiger charge is -2.21. The molecule has 0 saturated carbocycles. The number of hydrogen-bond donors (Lipinski definition) is 2. The van der Waals surface area contributed by atoms with E-state index in [1.807, 2.05) is 20.9 Å². The third-order valence-corrected chi connectivity index (χ3v) is 3.09. The van der Waals surface area contributed by atoms with Crippen LogP contribution in [0.1, 0.15) is 50.5 Å². The van der Waals surface area contributed by atoms with Crippen molar-refractivity contribution in [3.8, 4) is 0 Å². The van der Waals surface area contributed by atoms with Crippen molar-refractivity contribution in [2.75, 3.05) is 25.1 Å². The first kappa shape index (κ1) is 15.9. The Labute approximate surface area is 115 Å². The van der Waals surface area contributed by atoms with Crippen molar-refractivity contribution < 1.29 is 10.2 Å². The summed E-state index contributed by atoms with van der Waals surface area (Å²) < 4.78 is 0. The standard InChI is InChI=1S/C14H25N3O2/c1-11(2)14-15-9-13(12(10-19)16-14)17(3)7-5-4-6-8-18/h9,11,18-19H,4-8,10H2,1-3H3. The minimum absolute atomic E-state index is 0.0709. The van der Waals surface area contributed by atoms with Crippen LogP contribution in [0.3, 0.4) is 0 Å². The normalized spacial score (nSPS) is 11.1. The highest BCUT2D eigenvalue weighted by atomic mass is 16.3. The molecule has 0 atom stereocenters. The van der Waals surface area contributed by atoms with Gasteiger partial charge in [-0.1, -0.05) is 13.8 Å². The van der Waals surface area contributed by atoms with Gasteiger partial charge >= 0.3 is 0 Å². The van der Waals surface area contributed by atoms with Crippen LogP contribution in [0.25, 0.3) is 0 Å². The highest BCUT2D eigenvalue weighted by Gasteiger charge is 2.12. The van der Waals surface area contributed by atoms with Gasteiger partial charge < -0.3 is 15.1 Å². The number of hydrogen-bond acceptors (Lipinski definition) is 5. The molecule has 5 heteroatoms. The quantitative estimate of drug-likeness (QED) is 0.701. The smallest absolute Gasteiger partial charge is 0.131 e. The van der Waals surface area contributed by atoms with Gasteiger partial charge in [0.25, 0.3) is 0 Å². The lowest BCUT2D eigenvalue weighted by atomic mass is 10.2. The van der Waals surface area contributed by atoms with E-state index < -0.39 is 0 Å². The Hall–Kier alpha value is -1.20. The monoisotopic (exact) mass is 267 g/mol. The van der Waals surface area contributed by atoms with E-state index >= 15 is 0 Å². The molecule has 1 heterocycles. The Morgan fingerprint density at radius 2 is 1.95 bits per heavy atom. The van der Waals surface area contributed by atoms with Crippen LogP contribution in [0.5, 0.6) is 0 Å². The molecule has 108 valence electrons. The minimum atomic E-state index is -0.0709. The van der Waals surface area contributed by atoms with E-state index in [9.17, 15) is 5.11 Å². The van der Waals surface area contributed by atoms with Crippen molar-refractivity contribution in [1.29, 1.82) is 0 Å². The number of aliphatic hydroxyl groups is 2. The predicted molar refractivity (Wildman–Crippen MR) is 76.3 cm³/mol. The highest BCUT2D eigenvalue weighted by molar-refractivity contribution is 5.48. The SMILES string of the molecule is CC(C)c1ncc(N(C)CCCCCO)c(CO)n1.